The van der Waals surface area contributed by atoms with Gasteiger partial charge in [-0.2, -0.15) is 0 Å². The molecule has 0 spiro atoms. The van der Waals surface area contributed by atoms with E-state index in [0.29, 0.717) is 17.7 Å². The van der Waals surface area contributed by atoms with Gasteiger partial charge in [0.2, 0.25) is 0 Å². The molecule has 0 aliphatic carbocycles. The van der Waals surface area contributed by atoms with Crippen molar-refractivity contribution >= 4 is 42.3 Å². The van der Waals surface area contributed by atoms with Crippen LogP contribution in [-0.4, -0.2) is 82.0 Å². The summed E-state index contributed by atoms with van der Waals surface area (Å²) in [6.07, 6.45) is 0. The number of carbonyl (C=O) groups excluding carboxylic acids is 2. The monoisotopic (exact) mass is 523 g/mol. The maximum atomic E-state index is 13.2. The highest BCUT2D eigenvalue weighted by Gasteiger charge is 2.19. The number of benzene rings is 2. The summed E-state index contributed by atoms with van der Waals surface area (Å²) in [5.74, 6) is -0.125. The van der Waals surface area contributed by atoms with Crippen LogP contribution >= 0.6 is 24.8 Å². The first-order valence-corrected chi connectivity index (χ1v) is 11.6. The number of likely N-dealkylation sites (N-methyl/N-ethyl adjacent to an activating group) is 3. The Morgan fingerprint density at radius 1 is 1.06 bits per heavy atom. The number of halogens is 2. The second kappa shape index (κ2) is 14.3. The predicted octanol–water partition coefficient (Wildman–Crippen LogP) is 3.37. The zero-order valence-corrected chi connectivity index (χ0v) is 23.0. The summed E-state index contributed by atoms with van der Waals surface area (Å²) in [5, 5.41) is 6.18. The Morgan fingerprint density at radius 2 is 1.74 bits per heavy atom. The first kappa shape index (κ1) is 30.7. The van der Waals surface area contributed by atoms with Gasteiger partial charge in [-0.05, 0) is 63.3 Å². The van der Waals surface area contributed by atoms with Gasteiger partial charge in [-0.15, -0.1) is 24.8 Å². The topological polar surface area (TPSA) is 67.9 Å². The van der Waals surface area contributed by atoms with E-state index in [2.05, 4.69) is 33.5 Å². The van der Waals surface area contributed by atoms with Gasteiger partial charge in [0.05, 0.1) is 6.04 Å². The van der Waals surface area contributed by atoms with E-state index in [1.54, 1.807) is 11.9 Å². The van der Waals surface area contributed by atoms with Gasteiger partial charge in [-0.1, -0.05) is 18.2 Å². The number of piperazine rings is 1. The van der Waals surface area contributed by atoms with Gasteiger partial charge in [0.1, 0.15) is 0 Å². The third kappa shape index (κ3) is 8.10. The van der Waals surface area contributed by atoms with Crippen LogP contribution in [0.25, 0.3) is 0 Å². The van der Waals surface area contributed by atoms with E-state index < -0.39 is 0 Å². The largest absolute Gasteiger partial charge is 0.369 e. The normalized spacial score (nSPS) is 14.4. The van der Waals surface area contributed by atoms with Gasteiger partial charge in [0.15, 0.2) is 0 Å². The number of nitrogens with one attached hydrogen (secondary N) is 2. The molecule has 1 aliphatic rings. The molecule has 0 saturated carbocycles. The summed E-state index contributed by atoms with van der Waals surface area (Å²) in [4.78, 5) is 32.2. The third-order valence-electron chi connectivity index (χ3n) is 6.36. The van der Waals surface area contributed by atoms with Crippen LogP contribution in [0.4, 0.5) is 5.69 Å². The molecular formula is C26H39Cl2N5O2. The SMILES string of the molecule is CNCCN(C)C(=O)c1cccc([C@@H](C)NC(=O)c2cc(N3CCN(C)CC3)ccc2C)c1.Cl.Cl. The lowest BCUT2D eigenvalue weighted by atomic mass is 10.0. The van der Waals surface area contributed by atoms with Gasteiger partial charge in [-0.25, -0.2) is 0 Å². The Bertz CT molecular complexity index is 980. The first-order chi connectivity index (χ1) is 15.8. The molecule has 0 unspecified atom stereocenters. The molecule has 2 aromatic rings. The minimum absolute atomic E-state index is 0. The highest BCUT2D eigenvalue weighted by atomic mass is 35.5. The number of anilines is 1. The number of hydrogen-bond donors (Lipinski definition) is 2. The van der Waals surface area contributed by atoms with Gasteiger partial charge in [-0.3, -0.25) is 9.59 Å². The number of rotatable bonds is 8. The quantitative estimate of drug-likeness (QED) is 0.555. The number of carbonyl (C=O) groups is 2. The van der Waals surface area contributed by atoms with Crippen LogP contribution < -0.4 is 15.5 Å². The number of amides is 2. The molecule has 194 valence electrons. The van der Waals surface area contributed by atoms with E-state index in [4.69, 9.17) is 0 Å². The summed E-state index contributed by atoms with van der Waals surface area (Å²) >= 11 is 0. The van der Waals surface area contributed by atoms with Crippen molar-refractivity contribution in [2.45, 2.75) is 19.9 Å². The van der Waals surface area contributed by atoms with E-state index in [-0.39, 0.29) is 42.7 Å². The molecule has 0 aromatic heterocycles. The lowest BCUT2D eigenvalue weighted by Crippen LogP contribution is -2.44. The van der Waals surface area contributed by atoms with E-state index in [1.165, 1.54) is 0 Å². The van der Waals surface area contributed by atoms with Crippen LogP contribution in [0, 0.1) is 6.92 Å². The van der Waals surface area contributed by atoms with E-state index in [1.807, 2.05) is 57.3 Å². The maximum absolute atomic E-state index is 13.2. The van der Waals surface area contributed by atoms with Crippen molar-refractivity contribution < 1.29 is 9.59 Å². The molecule has 2 aromatic carbocycles. The highest BCUT2D eigenvalue weighted by Crippen LogP contribution is 2.22. The number of nitrogens with zero attached hydrogens (tertiary/aromatic N) is 3. The Morgan fingerprint density at radius 3 is 2.40 bits per heavy atom. The van der Waals surface area contributed by atoms with Crippen molar-refractivity contribution in [3.05, 3.63) is 64.7 Å². The number of hydrogen-bond acceptors (Lipinski definition) is 5. The van der Waals surface area contributed by atoms with Gasteiger partial charge in [0.25, 0.3) is 11.8 Å². The van der Waals surface area contributed by atoms with Crippen LogP contribution in [-0.2, 0) is 0 Å². The van der Waals surface area contributed by atoms with Crippen LogP contribution in [0.5, 0.6) is 0 Å². The molecule has 2 amide bonds. The summed E-state index contributed by atoms with van der Waals surface area (Å²) in [5.41, 5.74) is 4.26. The fourth-order valence-electron chi connectivity index (χ4n) is 4.02. The number of aryl methyl sites for hydroxylation is 1. The van der Waals surface area contributed by atoms with E-state index in [9.17, 15) is 9.59 Å². The van der Waals surface area contributed by atoms with Crippen LogP contribution in [0.15, 0.2) is 42.5 Å². The fraction of sp³-hybridized carbons (Fsp3) is 0.462. The van der Waals surface area contributed by atoms with Crippen molar-refractivity contribution in [1.29, 1.82) is 0 Å². The molecule has 1 atom stereocenters. The minimum Gasteiger partial charge on any atom is -0.369 e. The highest BCUT2D eigenvalue weighted by molar-refractivity contribution is 5.97. The molecule has 1 heterocycles. The maximum Gasteiger partial charge on any atom is 0.253 e. The van der Waals surface area contributed by atoms with Crippen molar-refractivity contribution in [1.82, 2.24) is 20.4 Å². The minimum atomic E-state index is -0.223. The molecule has 0 radical (unpaired) electrons. The molecule has 1 aliphatic heterocycles. The average Bonchev–Trinajstić information content (AvgIpc) is 2.82. The second-order valence-electron chi connectivity index (χ2n) is 8.94. The average molecular weight is 525 g/mol. The lowest BCUT2D eigenvalue weighted by Gasteiger charge is -2.34. The van der Waals surface area contributed by atoms with Crippen molar-refractivity contribution in [3.8, 4) is 0 Å². The molecule has 0 bridgehead atoms. The van der Waals surface area contributed by atoms with Crippen LogP contribution in [0.2, 0.25) is 0 Å². The second-order valence-corrected chi connectivity index (χ2v) is 8.94. The fourth-order valence-corrected chi connectivity index (χ4v) is 4.02. The summed E-state index contributed by atoms with van der Waals surface area (Å²) in [6, 6.07) is 13.4. The Hall–Kier alpha value is -2.32. The summed E-state index contributed by atoms with van der Waals surface area (Å²) < 4.78 is 0. The first-order valence-electron chi connectivity index (χ1n) is 11.6. The zero-order valence-electron chi connectivity index (χ0n) is 21.3. The van der Waals surface area contributed by atoms with Crippen molar-refractivity contribution in [3.63, 3.8) is 0 Å². The summed E-state index contributed by atoms with van der Waals surface area (Å²) in [6.45, 7) is 9.24. The molecule has 3 rings (SSSR count). The zero-order chi connectivity index (χ0) is 24.0. The summed E-state index contributed by atoms with van der Waals surface area (Å²) in [7, 11) is 5.80. The molecule has 1 fully saturated rings. The lowest BCUT2D eigenvalue weighted by molar-refractivity contribution is 0.0796. The molecule has 35 heavy (non-hydrogen) atoms. The molecular weight excluding hydrogens is 485 g/mol. The smallest absolute Gasteiger partial charge is 0.253 e. The third-order valence-corrected chi connectivity index (χ3v) is 6.36. The Balaban J connectivity index is 0.00000306. The van der Waals surface area contributed by atoms with Gasteiger partial charge < -0.3 is 25.3 Å². The Labute approximate surface area is 222 Å². The van der Waals surface area contributed by atoms with Crippen LogP contribution in [0.1, 0.15) is 44.8 Å². The van der Waals surface area contributed by atoms with Crippen molar-refractivity contribution in [2.75, 3.05) is 65.3 Å². The Kier molecular flexibility index (Phi) is 12.5. The molecule has 9 heteroatoms. The van der Waals surface area contributed by atoms with E-state index in [0.717, 1.165) is 49.5 Å². The van der Waals surface area contributed by atoms with E-state index >= 15 is 0 Å². The molecule has 1 saturated heterocycles. The molecule has 7 nitrogen and oxygen atoms in total. The van der Waals surface area contributed by atoms with Crippen molar-refractivity contribution in [2.24, 2.45) is 0 Å². The van der Waals surface area contributed by atoms with Crippen LogP contribution in [0.3, 0.4) is 0 Å². The van der Waals surface area contributed by atoms with Gasteiger partial charge >= 0.3 is 0 Å². The molecule has 2 N–H and O–H groups in total. The standard InChI is InChI=1S/C26H37N5O2.2ClH/c1-19-9-10-23(31-15-13-29(4)14-16-31)18-24(19)25(32)28-20(2)21-7-6-8-22(17-21)26(33)30(5)12-11-27-3;;/h6-10,17-18,20,27H,11-16H2,1-5H3,(H,28,32);2*1H/t20-;;/m1../s1. The predicted molar refractivity (Wildman–Crippen MR) is 149 cm³/mol. The van der Waals surface area contributed by atoms with Gasteiger partial charge in [0, 0.05) is 63.1 Å².